The zero-order valence-corrected chi connectivity index (χ0v) is 12.8. The van der Waals surface area contributed by atoms with Crippen LogP contribution in [0, 0.1) is 16.7 Å². The molecule has 3 aliphatic carbocycles. The predicted molar refractivity (Wildman–Crippen MR) is 83.0 cm³/mol. The zero-order chi connectivity index (χ0) is 15.4. The van der Waals surface area contributed by atoms with E-state index in [4.69, 9.17) is 5.11 Å². The lowest BCUT2D eigenvalue weighted by Gasteiger charge is -2.34. The number of Topliss-reactive ketones (excluding diaryl/α,β-unsaturated/α-hetero) is 1. The Balaban J connectivity index is 1.64. The number of carbonyl (C=O) groups excluding carboxylic acids is 1. The van der Waals surface area contributed by atoms with Crippen LogP contribution < -0.4 is 0 Å². The standard InChI is InChI=1S/C19H22O3/c20-15(13-5-7-14(8-6-13)17(21)22)16-18-9-1-2-10-19(16,18)12-4-3-11-18/h5-8,16H,1-4,9-12H2,(H,21,22). The Hall–Kier alpha value is -1.64. The van der Waals surface area contributed by atoms with Crippen molar-refractivity contribution in [2.45, 2.75) is 51.4 Å². The fourth-order valence-corrected chi connectivity index (χ4v) is 5.77. The van der Waals surface area contributed by atoms with Crippen LogP contribution in [0.15, 0.2) is 24.3 Å². The second kappa shape index (κ2) is 4.68. The van der Waals surface area contributed by atoms with Crippen molar-refractivity contribution in [1.82, 2.24) is 0 Å². The van der Waals surface area contributed by atoms with E-state index in [0.29, 0.717) is 5.56 Å². The average molecular weight is 298 g/mol. The van der Waals surface area contributed by atoms with Crippen molar-refractivity contribution < 1.29 is 14.7 Å². The number of carboxylic acid groups (broad SMARTS) is 1. The van der Waals surface area contributed by atoms with E-state index in [2.05, 4.69) is 0 Å². The van der Waals surface area contributed by atoms with Crippen LogP contribution in [0.1, 0.15) is 72.1 Å². The molecule has 3 saturated carbocycles. The summed E-state index contributed by atoms with van der Waals surface area (Å²) in [5, 5.41) is 8.99. The minimum atomic E-state index is -0.940. The molecule has 0 spiro atoms. The molecule has 0 saturated heterocycles. The quantitative estimate of drug-likeness (QED) is 0.846. The summed E-state index contributed by atoms with van der Waals surface area (Å²) in [5.74, 6) is -0.480. The Labute approximate surface area is 130 Å². The molecule has 3 aliphatic rings. The summed E-state index contributed by atoms with van der Waals surface area (Å²) in [7, 11) is 0. The third-order valence-electron chi connectivity index (χ3n) is 6.68. The molecule has 0 unspecified atom stereocenters. The molecule has 1 aromatic carbocycles. The minimum absolute atomic E-state index is 0.195. The first-order valence-corrected chi connectivity index (χ1v) is 8.48. The first-order valence-electron chi connectivity index (χ1n) is 8.48. The van der Waals surface area contributed by atoms with Gasteiger partial charge in [-0.2, -0.15) is 0 Å². The van der Waals surface area contributed by atoms with Crippen molar-refractivity contribution in [3.8, 4) is 0 Å². The monoisotopic (exact) mass is 298 g/mol. The topological polar surface area (TPSA) is 54.4 Å². The molecule has 0 radical (unpaired) electrons. The van der Waals surface area contributed by atoms with Gasteiger partial charge in [0.05, 0.1) is 5.56 Å². The smallest absolute Gasteiger partial charge is 0.335 e. The number of aromatic carboxylic acids is 1. The van der Waals surface area contributed by atoms with E-state index in [9.17, 15) is 9.59 Å². The molecular formula is C19H22O3. The molecule has 1 aromatic rings. The van der Waals surface area contributed by atoms with Gasteiger partial charge in [0.2, 0.25) is 0 Å². The first kappa shape index (κ1) is 14.0. The van der Waals surface area contributed by atoms with Crippen molar-refractivity contribution >= 4 is 11.8 Å². The summed E-state index contributed by atoms with van der Waals surface area (Å²) in [6.45, 7) is 0. The summed E-state index contributed by atoms with van der Waals surface area (Å²) < 4.78 is 0. The fraction of sp³-hybridized carbons (Fsp3) is 0.579. The normalized spacial score (nSPS) is 36.1. The molecule has 0 bridgehead atoms. The molecule has 3 fully saturated rings. The molecule has 3 nitrogen and oxygen atoms in total. The van der Waals surface area contributed by atoms with Gasteiger partial charge in [-0.15, -0.1) is 0 Å². The van der Waals surface area contributed by atoms with Crippen molar-refractivity contribution in [2.24, 2.45) is 16.7 Å². The van der Waals surface area contributed by atoms with Crippen LogP contribution in [0.25, 0.3) is 0 Å². The fourth-order valence-electron chi connectivity index (χ4n) is 5.77. The summed E-state index contributed by atoms with van der Waals surface area (Å²) in [5.41, 5.74) is 1.52. The Bertz CT molecular complexity index is 595. The lowest BCUT2D eigenvalue weighted by atomic mass is 9.71. The number of hydrogen-bond acceptors (Lipinski definition) is 2. The van der Waals surface area contributed by atoms with Crippen molar-refractivity contribution in [3.05, 3.63) is 35.4 Å². The zero-order valence-electron chi connectivity index (χ0n) is 12.8. The lowest BCUT2D eigenvalue weighted by Crippen LogP contribution is -2.22. The van der Waals surface area contributed by atoms with Gasteiger partial charge in [0.25, 0.3) is 0 Å². The Morgan fingerprint density at radius 3 is 1.64 bits per heavy atom. The summed E-state index contributed by atoms with van der Waals surface area (Å²) in [6, 6.07) is 6.52. The maximum atomic E-state index is 13.1. The second-order valence-electron chi connectivity index (χ2n) is 7.41. The van der Waals surface area contributed by atoms with Crippen LogP contribution in [-0.4, -0.2) is 16.9 Å². The van der Waals surface area contributed by atoms with Crippen molar-refractivity contribution in [2.75, 3.05) is 0 Å². The van der Waals surface area contributed by atoms with Gasteiger partial charge >= 0.3 is 5.97 Å². The number of hydrogen-bond donors (Lipinski definition) is 1. The summed E-state index contributed by atoms with van der Waals surface area (Å²) >= 11 is 0. The maximum Gasteiger partial charge on any atom is 0.335 e. The van der Waals surface area contributed by atoms with Crippen LogP contribution in [0.5, 0.6) is 0 Å². The molecule has 4 rings (SSSR count). The average Bonchev–Trinajstić information content (AvgIpc) is 3.18. The minimum Gasteiger partial charge on any atom is -0.478 e. The van der Waals surface area contributed by atoms with E-state index < -0.39 is 5.97 Å². The molecule has 22 heavy (non-hydrogen) atoms. The molecule has 0 amide bonds. The third-order valence-corrected chi connectivity index (χ3v) is 6.68. The Kier molecular flexibility index (Phi) is 2.97. The van der Waals surface area contributed by atoms with Crippen molar-refractivity contribution in [3.63, 3.8) is 0 Å². The SMILES string of the molecule is O=C(O)c1ccc(C(=O)C2C34CCCCC23CCCC4)cc1. The van der Waals surface area contributed by atoms with Crippen LogP contribution in [0.4, 0.5) is 0 Å². The summed E-state index contributed by atoms with van der Waals surface area (Å²) in [6.07, 6.45) is 9.94. The molecule has 1 N–H and O–H groups in total. The van der Waals surface area contributed by atoms with E-state index in [1.165, 1.54) is 51.4 Å². The highest BCUT2D eigenvalue weighted by atomic mass is 16.4. The highest BCUT2D eigenvalue weighted by Crippen LogP contribution is 2.81. The first-order chi connectivity index (χ1) is 10.6. The number of rotatable bonds is 3. The van der Waals surface area contributed by atoms with Crippen LogP contribution >= 0.6 is 0 Å². The molecular weight excluding hydrogens is 276 g/mol. The Morgan fingerprint density at radius 2 is 1.23 bits per heavy atom. The predicted octanol–water partition coefficient (Wildman–Crippen LogP) is 4.32. The highest BCUT2D eigenvalue weighted by Gasteiger charge is 2.77. The van der Waals surface area contributed by atoms with Crippen molar-refractivity contribution in [1.29, 1.82) is 0 Å². The van der Waals surface area contributed by atoms with Crippen LogP contribution in [0.3, 0.4) is 0 Å². The molecule has 3 heteroatoms. The lowest BCUT2D eigenvalue weighted by molar-refractivity contribution is 0.0696. The molecule has 0 aromatic heterocycles. The van der Waals surface area contributed by atoms with Crippen LogP contribution in [-0.2, 0) is 0 Å². The molecule has 116 valence electrons. The third kappa shape index (κ3) is 1.68. The molecule has 0 heterocycles. The van der Waals surface area contributed by atoms with Gasteiger partial charge in [-0.05, 0) is 48.6 Å². The van der Waals surface area contributed by atoms with E-state index in [1.807, 2.05) is 0 Å². The second-order valence-corrected chi connectivity index (χ2v) is 7.41. The largest absolute Gasteiger partial charge is 0.478 e. The van der Waals surface area contributed by atoms with E-state index >= 15 is 0 Å². The van der Waals surface area contributed by atoms with Crippen LogP contribution in [0.2, 0.25) is 0 Å². The molecule has 0 atom stereocenters. The van der Waals surface area contributed by atoms with E-state index in [1.54, 1.807) is 24.3 Å². The summed E-state index contributed by atoms with van der Waals surface area (Å²) in [4.78, 5) is 24.0. The Morgan fingerprint density at radius 1 is 0.818 bits per heavy atom. The van der Waals surface area contributed by atoms with Gasteiger partial charge in [0.1, 0.15) is 0 Å². The maximum absolute atomic E-state index is 13.1. The van der Waals surface area contributed by atoms with E-state index in [-0.39, 0.29) is 28.1 Å². The number of benzene rings is 1. The van der Waals surface area contributed by atoms with Gasteiger partial charge in [0, 0.05) is 11.5 Å². The molecule has 0 aliphatic heterocycles. The van der Waals surface area contributed by atoms with Gasteiger partial charge in [-0.3, -0.25) is 4.79 Å². The van der Waals surface area contributed by atoms with Gasteiger partial charge in [-0.25, -0.2) is 4.79 Å². The van der Waals surface area contributed by atoms with E-state index in [0.717, 1.165) is 0 Å². The number of carbonyl (C=O) groups is 2. The van der Waals surface area contributed by atoms with Gasteiger partial charge in [-0.1, -0.05) is 37.8 Å². The van der Waals surface area contributed by atoms with Gasteiger partial charge in [0.15, 0.2) is 5.78 Å². The highest BCUT2D eigenvalue weighted by molar-refractivity contribution is 6.02. The number of carboxylic acids is 1. The van der Waals surface area contributed by atoms with Gasteiger partial charge < -0.3 is 5.11 Å². The number of ketones is 1.